The van der Waals surface area contributed by atoms with Gasteiger partial charge in [0.15, 0.2) is 0 Å². The van der Waals surface area contributed by atoms with Gasteiger partial charge in [0, 0.05) is 39.5 Å². The average Bonchev–Trinajstić information content (AvgIpc) is 3.42. The van der Waals surface area contributed by atoms with E-state index in [0.29, 0.717) is 0 Å². The minimum atomic E-state index is -0.0804. The number of hydrogen-bond acceptors (Lipinski definition) is 2. The van der Waals surface area contributed by atoms with Crippen LogP contribution >= 0.6 is 0 Å². The topological polar surface area (TPSA) is 6.48 Å². The van der Waals surface area contributed by atoms with Gasteiger partial charge >= 0.3 is 0 Å². The van der Waals surface area contributed by atoms with E-state index < -0.39 is 0 Å². The molecule has 422 valence electrons. The lowest BCUT2D eigenvalue weighted by Crippen LogP contribution is -2.31. The van der Waals surface area contributed by atoms with Crippen LogP contribution < -0.4 is 20.2 Å². The maximum absolute atomic E-state index is 4.48. The lowest BCUT2D eigenvalue weighted by Gasteiger charge is -2.30. The average molecular weight is 1090 g/mol. The monoisotopic (exact) mass is 1090 g/mol. The fourth-order valence-electron chi connectivity index (χ4n) is 11.4. The van der Waals surface area contributed by atoms with E-state index in [9.17, 15) is 0 Å². The zero-order valence-corrected chi connectivity index (χ0v) is 52.4. The third-order valence-corrected chi connectivity index (χ3v) is 16.1. The number of hydrogen-bond donors (Lipinski definition) is 0. The third-order valence-electron chi connectivity index (χ3n) is 16.1. The van der Waals surface area contributed by atoms with E-state index in [1.807, 2.05) is 6.08 Å². The Labute approximate surface area is 499 Å². The molecule has 1 aliphatic rings. The van der Waals surface area contributed by atoms with Crippen LogP contribution in [-0.4, -0.2) is 0 Å². The van der Waals surface area contributed by atoms with Crippen LogP contribution in [0.2, 0.25) is 0 Å². The fraction of sp³-hybridized carbons (Fsp3) is 0.235. The second-order valence-corrected chi connectivity index (χ2v) is 25.1. The summed E-state index contributed by atoms with van der Waals surface area (Å²) in [7, 11) is 0. The number of nitrogens with zero attached hydrogens (tertiary/aromatic N) is 2. The van der Waals surface area contributed by atoms with Gasteiger partial charge in [0.25, 0.3) is 0 Å². The number of fused-ring (bicyclic) bond motifs is 1. The first kappa shape index (κ1) is 60.6. The zero-order valence-electron chi connectivity index (χ0n) is 52.4. The first-order chi connectivity index (χ1) is 39.5. The van der Waals surface area contributed by atoms with E-state index in [1.165, 1.54) is 55.3 Å². The van der Waals surface area contributed by atoms with E-state index in [4.69, 9.17) is 0 Å². The van der Waals surface area contributed by atoms with Crippen molar-refractivity contribution in [1.29, 1.82) is 0 Å². The minimum Gasteiger partial charge on any atom is -0.310 e. The first-order valence-corrected chi connectivity index (χ1v) is 29.6. The fourth-order valence-corrected chi connectivity index (χ4v) is 11.4. The zero-order chi connectivity index (χ0) is 59.8. The summed E-state index contributed by atoms with van der Waals surface area (Å²) >= 11 is 0. The Balaban J connectivity index is 1.42. The molecule has 0 amide bonds. The van der Waals surface area contributed by atoms with E-state index >= 15 is 0 Å². The Hall–Kier alpha value is -8.46. The molecular weight excluding hydrogens is 1000 g/mol. The Morgan fingerprint density at radius 2 is 1.17 bits per heavy atom. The van der Waals surface area contributed by atoms with E-state index in [-0.39, 0.29) is 16.2 Å². The van der Waals surface area contributed by atoms with Crippen molar-refractivity contribution in [3.63, 3.8) is 0 Å². The quantitative estimate of drug-likeness (QED) is 0.0839. The summed E-state index contributed by atoms with van der Waals surface area (Å²) in [6, 6.07) is 58.9. The van der Waals surface area contributed by atoms with Crippen LogP contribution in [0.1, 0.15) is 148 Å². The van der Waals surface area contributed by atoms with Gasteiger partial charge in [-0.25, -0.2) is 0 Å². The van der Waals surface area contributed by atoms with Crippen molar-refractivity contribution in [2.45, 2.75) is 121 Å². The molecule has 0 heterocycles. The molecule has 0 N–H and O–H groups in total. The first-order valence-electron chi connectivity index (χ1n) is 29.6. The summed E-state index contributed by atoms with van der Waals surface area (Å²) in [5, 5.41) is 2.31. The highest BCUT2D eigenvalue weighted by Gasteiger charge is 2.34. The van der Waals surface area contributed by atoms with Crippen molar-refractivity contribution in [3.05, 3.63) is 297 Å². The van der Waals surface area contributed by atoms with Gasteiger partial charge in [0.05, 0.1) is 0 Å². The second-order valence-electron chi connectivity index (χ2n) is 25.1. The normalized spacial score (nSPS) is 14.7. The van der Waals surface area contributed by atoms with Gasteiger partial charge in [-0.3, -0.25) is 0 Å². The predicted octanol–water partition coefficient (Wildman–Crippen LogP) is 22.1. The van der Waals surface area contributed by atoms with Crippen LogP contribution in [0.5, 0.6) is 0 Å². The summed E-state index contributed by atoms with van der Waals surface area (Å²) in [5.74, 6) is 0. The van der Waals surface area contributed by atoms with Crippen molar-refractivity contribution in [1.82, 2.24) is 0 Å². The van der Waals surface area contributed by atoms with Gasteiger partial charge in [-0.05, 0) is 216 Å². The molecule has 8 rings (SSSR count). The van der Waals surface area contributed by atoms with Gasteiger partial charge in [-0.2, -0.15) is 0 Å². The molecule has 0 saturated carbocycles. The third kappa shape index (κ3) is 14.1. The Morgan fingerprint density at radius 3 is 1.77 bits per heavy atom. The van der Waals surface area contributed by atoms with Crippen molar-refractivity contribution >= 4 is 68.6 Å². The number of benzene rings is 7. The lowest BCUT2D eigenvalue weighted by atomic mass is 9.82. The SMILES string of the molecule is C=Cc1ccccc1/C=C\C\C(C)=c1/ccc(N(c2ccc(C(/C=C\C=C/C)=C\C(C)(C)C)cc2)c2cccc(C)c2)c/c1=C(C(\C=C/C)=C\C(=C)C)/c1ccc(N(c2cccc(C(C)(C)C)c2)c2ccc3c(c2)C(C)(C)C(C)=C3C)cc1. The Bertz CT molecular complexity index is 3890. The summed E-state index contributed by atoms with van der Waals surface area (Å²) in [6.07, 6.45) is 24.7. The van der Waals surface area contributed by atoms with Gasteiger partial charge in [-0.1, -0.05) is 237 Å². The van der Waals surface area contributed by atoms with E-state index in [1.54, 1.807) is 0 Å². The van der Waals surface area contributed by atoms with E-state index in [0.717, 1.165) is 79.2 Å². The van der Waals surface area contributed by atoms with Crippen LogP contribution in [0.15, 0.2) is 242 Å². The minimum absolute atomic E-state index is 0.00676. The van der Waals surface area contributed by atoms with Crippen LogP contribution in [0.3, 0.4) is 0 Å². The van der Waals surface area contributed by atoms with Gasteiger partial charge in [0.1, 0.15) is 0 Å². The highest BCUT2D eigenvalue weighted by Crippen LogP contribution is 2.49. The molecule has 0 unspecified atom stereocenters. The maximum atomic E-state index is 4.48. The molecular formula is C81H88N2. The number of anilines is 6. The van der Waals surface area contributed by atoms with Crippen LogP contribution in [0.25, 0.3) is 34.4 Å². The molecule has 2 heteroatoms. The summed E-state index contributed by atoms with van der Waals surface area (Å²) < 4.78 is 0. The van der Waals surface area contributed by atoms with Crippen molar-refractivity contribution in [3.8, 4) is 0 Å². The molecule has 0 saturated heterocycles. The molecule has 0 fully saturated rings. The molecule has 0 aromatic heterocycles. The smallest absolute Gasteiger partial charge is 0.0468 e. The van der Waals surface area contributed by atoms with Crippen LogP contribution in [0, 0.1) is 12.3 Å². The second kappa shape index (κ2) is 25.8. The summed E-state index contributed by atoms with van der Waals surface area (Å²) in [4.78, 5) is 4.85. The molecule has 7 aromatic carbocycles. The molecule has 0 atom stereocenters. The molecule has 83 heavy (non-hydrogen) atoms. The lowest BCUT2D eigenvalue weighted by molar-refractivity contribution is 0.546. The highest BCUT2D eigenvalue weighted by molar-refractivity contribution is 5.88. The molecule has 1 aliphatic carbocycles. The molecule has 0 bridgehead atoms. The number of allylic oxidation sites excluding steroid dienone is 14. The molecule has 7 aromatic rings. The molecule has 0 spiro atoms. The van der Waals surface area contributed by atoms with Crippen LogP contribution in [0.4, 0.5) is 34.1 Å². The molecule has 0 radical (unpaired) electrons. The molecule has 2 nitrogen and oxygen atoms in total. The number of rotatable bonds is 17. The van der Waals surface area contributed by atoms with Crippen molar-refractivity contribution < 1.29 is 0 Å². The van der Waals surface area contributed by atoms with Gasteiger partial charge in [-0.15, -0.1) is 0 Å². The number of aryl methyl sites for hydroxylation is 1. The summed E-state index contributed by atoms with van der Waals surface area (Å²) in [6.45, 7) is 42.2. The Kier molecular flexibility index (Phi) is 18.8. The maximum Gasteiger partial charge on any atom is 0.0468 e. The largest absolute Gasteiger partial charge is 0.310 e. The van der Waals surface area contributed by atoms with E-state index in [2.05, 4.69) is 345 Å². The highest BCUT2D eigenvalue weighted by atomic mass is 15.1. The van der Waals surface area contributed by atoms with Crippen molar-refractivity contribution in [2.75, 3.05) is 9.80 Å². The predicted molar refractivity (Wildman–Crippen MR) is 367 cm³/mol. The van der Waals surface area contributed by atoms with Crippen LogP contribution in [-0.2, 0) is 10.8 Å². The van der Waals surface area contributed by atoms with Gasteiger partial charge in [0.2, 0.25) is 0 Å². The van der Waals surface area contributed by atoms with Gasteiger partial charge < -0.3 is 9.80 Å². The Morgan fingerprint density at radius 1 is 0.578 bits per heavy atom. The van der Waals surface area contributed by atoms with Crippen molar-refractivity contribution in [2.24, 2.45) is 5.41 Å². The standard InChI is InChI=1S/C81H88N2/c1-18-21-22-33-66(55-79(10,11)12)63-38-42-68(43-39-63)82(70-36-25-29-57(6)51-70)72-46-48-74(58(7)30-26-34-62-32-24-23-31-61(62)20-3)76(53-72)78(65(28-19-2)50-56(4)5)64-40-44-69(45-41-64)83(71-37-27-35-67(52-71)80(13,14)15)73-47-49-75-59(8)60(9)81(16,17)77(75)54-73/h18-29,31-55H,3-4,30H2,1-2,5-17H3/b21-18-,28-19-,33-22-,34-26-,65-50+,66-55-,74-58+,78-76+. The molecule has 0 aliphatic heterocycles. The summed E-state index contributed by atoms with van der Waals surface area (Å²) in [5.41, 5.74) is 24.6.